The van der Waals surface area contributed by atoms with Crippen molar-refractivity contribution in [3.05, 3.63) is 29.8 Å². The number of hydrogen-bond donors (Lipinski definition) is 1. The summed E-state index contributed by atoms with van der Waals surface area (Å²) in [5.41, 5.74) is 0.966. The first-order chi connectivity index (χ1) is 9.78. The molecule has 1 aliphatic heterocycles. The molecule has 1 amide bonds. The standard InChI is InChI=1S/C15H21NO4/c1-18-13-5-3-12(4-6-13)11-14(17)16-8-7-15-19-9-2-10-20-15/h3-6,15H,2,7-11H2,1H3,(H,16,17). The van der Waals surface area contributed by atoms with E-state index in [4.69, 9.17) is 14.2 Å². The topological polar surface area (TPSA) is 56.8 Å². The van der Waals surface area contributed by atoms with Gasteiger partial charge in [0.15, 0.2) is 6.29 Å². The number of benzene rings is 1. The van der Waals surface area contributed by atoms with Gasteiger partial charge in [0.05, 0.1) is 26.7 Å². The van der Waals surface area contributed by atoms with E-state index in [1.54, 1.807) is 7.11 Å². The predicted octanol–water partition coefficient (Wildman–Crippen LogP) is 1.51. The molecule has 0 aliphatic carbocycles. The van der Waals surface area contributed by atoms with Gasteiger partial charge < -0.3 is 19.5 Å². The average molecular weight is 279 g/mol. The highest BCUT2D eigenvalue weighted by Crippen LogP contribution is 2.11. The van der Waals surface area contributed by atoms with E-state index in [9.17, 15) is 4.79 Å². The van der Waals surface area contributed by atoms with Crippen LogP contribution in [0.3, 0.4) is 0 Å². The Morgan fingerprint density at radius 3 is 2.65 bits per heavy atom. The van der Waals surface area contributed by atoms with Crippen LogP contribution in [-0.4, -0.2) is 39.1 Å². The first-order valence-electron chi connectivity index (χ1n) is 6.91. The molecule has 0 bridgehead atoms. The number of carbonyl (C=O) groups is 1. The Balaban J connectivity index is 1.66. The number of amides is 1. The third kappa shape index (κ3) is 4.83. The van der Waals surface area contributed by atoms with Gasteiger partial charge in [0.25, 0.3) is 0 Å². The molecule has 5 nitrogen and oxygen atoms in total. The van der Waals surface area contributed by atoms with Crippen LogP contribution in [0.4, 0.5) is 0 Å². The van der Waals surface area contributed by atoms with Gasteiger partial charge in [-0.25, -0.2) is 0 Å². The van der Waals surface area contributed by atoms with E-state index in [1.165, 1.54) is 0 Å². The van der Waals surface area contributed by atoms with Crippen molar-refractivity contribution in [3.63, 3.8) is 0 Å². The number of ether oxygens (including phenoxy) is 3. The highest BCUT2D eigenvalue weighted by Gasteiger charge is 2.14. The molecule has 20 heavy (non-hydrogen) atoms. The Morgan fingerprint density at radius 2 is 2.00 bits per heavy atom. The normalized spacial score (nSPS) is 15.8. The molecular formula is C15H21NO4. The van der Waals surface area contributed by atoms with Crippen LogP contribution in [-0.2, 0) is 20.7 Å². The van der Waals surface area contributed by atoms with Gasteiger partial charge in [-0.1, -0.05) is 12.1 Å². The van der Waals surface area contributed by atoms with Crippen molar-refractivity contribution in [1.29, 1.82) is 0 Å². The number of hydrogen-bond acceptors (Lipinski definition) is 4. The summed E-state index contributed by atoms with van der Waals surface area (Å²) in [6.07, 6.45) is 1.83. The molecule has 110 valence electrons. The third-order valence-corrected chi connectivity index (χ3v) is 3.12. The lowest BCUT2D eigenvalue weighted by atomic mass is 10.1. The largest absolute Gasteiger partial charge is 0.497 e. The average Bonchev–Trinajstić information content (AvgIpc) is 2.49. The van der Waals surface area contributed by atoms with Crippen molar-refractivity contribution < 1.29 is 19.0 Å². The van der Waals surface area contributed by atoms with E-state index >= 15 is 0 Å². The third-order valence-electron chi connectivity index (χ3n) is 3.12. The number of carbonyl (C=O) groups excluding carboxylic acids is 1. The lowest BCUT2D eigenvalue weighted by Crippen LogP contribution is -2.32. The first-order valence-corrected chi connectivity index (χ1v) is 6.91. The quantitative estimate of drug-likeness (QED) is 0.857. The SMILES string of the molecule is COc1ccc(CC(=O)NCCC2OCCCO2)cc1. The zero-order valence-corrected chi connectivity index (χ0v) is 11.8. The summed E-state index contributed by atoms with van der Waals surface area (Å²) in [6.45, 7) is 2.05. The predicted molar refractivity (Wildman–Crippen MR) is 74.6 cm³/mol. The highest BCUT2D eigenvalue weighted by molar-refractivity contribution is 5.78. The Morgan fingerprint density at radius 1 is 1.30 bits per heavy atom. The van der Waals surface area contributed by atoms with Crippen molar-refractivity contribution in [1.82, 2.24) is 5.32 Å². The summed E-state index contributed by atoms with van der Waals surface area (Å²) in [6, 6.07) is 7.50. The van der Waals surface area contributed by atoms with Gasteiger partial charge in [0.2, 0.25) is 5.91 Å². The monoisotopic (exact) mass is 279 g/mol. The van der Waals surface area contributed by atoms with Gasteiger partial charge in [-0.15, -0.1) is 0 Å². The summed E-state index contributed by atoms with van der Waals surface area (Å²) in [4.78, 5) is 11.8. The van der Waals surface area contributed by atoms with E-state index in [-0.39, 0.29) is 12.2 Å². The van der Waals surface area contributed by atoms with E-state index in [0.29, 0.717) is 19.4 Å². The van der Waals surface area contributed by atoms with Crippen LogP contribution < -0.4 is 10.1 Å². The maximum absolute atomic E-state index is 11.8. The van der Waals surface area contributed by atoms with Crippen molar-refractivity contribution >= 4 is 5.91 Å². The van der Waals surface area contributed by atoms with Crippen LogP contribution in [0.2, 0.25) is 0 Å². The summed E-state index contributed by atoms with van der Waals surface area (Å²) in [5.74, 6) is 0.798. The summed E-state index contributed by atoms with van der Waals surface area (Å²) in [5, 5.41) is 2.88. The molecule has 1 aromatic rings. The molecule has 0 atom stereocenters. The van der Waals surface area contributed by atoms with Gasteiger partial charge in [-0.2, -0.15) is 0 Å². The second kappa shape index (κ2) is 7.87. The minimum absolute atomic E-state index is 0.00553. The number of nitrogens with one attached hydrogen (secondary N) is 1. The Bertz CT molecular complexity index is 412. The molecule has 1 heterocycles. The lowest BCUT2D eigenvalue weighted by Gasteiger charge is -2.23. The van der Waals surface area contributed by atoms with Crippen LogP contribution in [0.25, 0.3) is 0 Å². The van der Waals surface area contributed by atoms with Gasteiger partial charge in [-0.3, -0.25) is 4.79 Å². The van der Waals surface area contributed by atoms with Crippen LogP contribution in [0.5, 0.6) is 5.75 Å². The van der Waals surface area contributed by atoms with Crippen LogP contribution >= 0.6 is 0 Å². The molecule has 5 heteroatoms. The van der Waals surface area contributed by atoms with E-state index < -0.39 is 0 Å². The van der Waals surface area contributed by atoms with Gasteiger partial charge in [-0.05, 0) is 24.1 Å². The number of rotatable bonds is 6. The van der Waals surface area contributed by atoms with Crippen LogP contribution in [0, 0.1) is 0 Å². The minimum Gasteiger partial charge on any atom is -0.497 e. The zero-order valence-electron chi connectivity index (χ0n) is 11.8. The van der Waals surface area contributed by atoms with E-state index in [1.807, 2.05) is 24.3 Å². The molecule has 1 aliphatic rings. The fraction of sp³-hybridized carbons (Fsp3) is 0.533. The van der Waals surface area contributed by atoms with Crippen LogP contribution in [0.1, 0.15) is 18.4 Å². The molecule has 1 N–H and O–H groups in total. The maximum Gasteiger partial charge on any atom is 0.224 e. The van der Waals surface area contributed by atoms with Gasteiger partial charge in [0, 0.05) is 13.0 Å². The second-order valence-electron chi connectivity index (χ2n) is 4.69. The van der Waals surface area contributed by atoms with Crippen molar-refractivity contribution in [2.24, 2.45) is 0 Å². The summed E-state index contributed by atoms with van der Waals surface area (Å²) in [7, 11) is 1.62. The maximum atomic E-state index is 11.8. The second-order valence-corrected chi connectivity index (χ2v) is 4.69. The van der Waals surface area contributed by atoms with Crippen LogP contribution in [0.15, 0.2) is 24.3 Å². The zero-order chi connectivity index (χ0) is 14.2. The molecule has 2 rings (SSSR count). The Labute approximate surface area is 119 Å². The van der Waals surface area contributed by atoms with Crippen molar-refractivity contribution in [2.45, 2.75) is 25.6 Å². The summed E-state index contributed by atoms with van der Waals surface area (Å²) >= 11 is 0. The highest BCUT2D eigenvalue weighted by atomic mass is 16.7. The fourth-order valence-electron chi connectivity index (χ4n) is 2.02. The molecule has 0 unspecified atom stereocenters. The molecular weight excluding hydrogens is 258 g/mol. The molecule has 1 aromatic carbocycles. The fourth-order valence-corrected chi connectivity index (χ4v) is 2.02. The Kier molecular flexibility index (Phi) is 5.83. The van der Waals surface area contributed by atoms with E-state index in [0.717, 1.165) is 30.9 Å². The molecule has 1 fully saturated rings. The molecule has 0 radical (unpaired) electrons. The minimum atomic E-state index is -0.176. The Hall–Kier alpha value is -1.59. The summed E-state index contributed by atoms with van der Waals surface area (Å²) < 4.78 is 15.9. The molecule has 0 aromatic heterocycles. The molecule has 0 spiro atoms. The molecule has 0 saturated carbocycles. The van der Waals surface area contributed by atoms with Gasteiger partial charge >= 0.3 is 0 Å². The molecule has 1 saturated heterocycles. The van der Waals surface area contributed by atoms with Gasteiger partial charge in [0.1, 0.15) is 5.75 Å². The van der Waals surface area contributed by atoms with E-state index in [2.05, 4.69) is 5.32 Å². The smallest absolute Gasteiger partial charge is 0.224 e. The number of methoxy groups -OCH3 is 1. The lowest BCUT2D eigenvalue weighted by molar-refractivity contribution is -0.180. The van der Waals surface area contributed by atoms with Crippen molar-refractivity contribution in [3.8, 4) is 5.75 Å². The van der Waals surface area contributed by atoms with Crippen molar-refractivity contribution in [2.75, 3.05) is 26.9 Å². The first kappa shape index (κ1) is 14.8.